The number of nitrogens with two attached hydrogens (primary N) is 1. The first kappa shape index (κ1) is 7.42. The van der Waals surface area contributed by atoms with Gasteiger partial charge in [-0.3, -0.25) is 0 Å². The maximum Gasteiger partial charge on any atom is 0.0285 e. The van der Waals surface area contributed by atoms with Gasteiger partial charge in [0.25, 0.3) is 0 Å². The van der Waals surface area contributed by atoms with E-state index in [1.165, 1.54) is 12.8 Å². The molecule has 54 valence electrons. The van der Waals surface area contributed by atoms with Crippen LogP contribution in [0, 0.1) is 0 Å². The first-order valence-electron chi connectivity index (χ1n) is 3.56. The lowest BCUT2D eigenvalue weighted by Crippen LogP contribution is -2.19. The minimum Gasteiger partial charge on any atom is -0.329 e. The molecule has 2 N–H and O–H groups in total. The summed E-state index contributed by atoms with van der Waals surface area (Å²) in [6.07, 6.45) is 2.68. The summed E-state index contributed by atoms with van der Waals surface area (Å²) in [4.78, 5) is 0. The van der Waals surface area contributed by atoms with Gasteiger partial charge < -0.3 is 5.73 Å². The predicted octanol–water partition coefficient (Wildman–Crippen LogP) is 1.62. The van der Waals surface area contributed by atoms with E-state index in [0.717, 1.165) is 11.8 Å². The van der Waals surface area contributed by atoms with Crippen LogP contribution in [0.2, 0.25) is 0 Å². The molecule has 1 rings (SSSR count). The zero-order chi connectivity index (χ0) is 6.91. The molecule has 1 saturated carbocycles. The Hall–Kier alpha value is 0.310. The van der Waals surface area contributed by atoms with Gasteiger partial charge in [0.1, 0.15) is 0 Å². The molecule has 0 spiro atoms. The highest BCUT2D eigenvalue weighted by atomic mass is 32.2. The van der Waals surface area contributed by atoms with Crippen LogP contribution in [0.3, 0.4) is 0 Å². The maximum atomic E-state index is 5.60. The summed E-state index contributed by atoms with van der Waals surface area (Å²) in [6, 6.07) is 0. The predicted molar refractivity (Wildman–Crippen MR) is 43.7 cm³/mol. The Morgan fingerprint density at radius 3 is 2.22 bits per heavy atom. The molecule has 0 aliphatic heterocycles. The second kappa shape index (κ2) is 2.51. The molecular formula is C7H15NS. The molecule has 9 heavy (non-hydrogen) atoms. The van der Waals surface area contributed by atoms with Crippen LogP contribution >= 0.6 is 11.8 Å². The van der Waals surface area contributed by atoms with E-state index in [2.05, 4.69) is 13.8 Å². The summed E-state index contributed by atoms with van der Waals surface area (Å²) >= 11 is 2.04. The number of hydrogen-bond donors (Lipinski definition) is 1. The third-order valence-corrected chi connectivity index (χ3v) is 3.21. The van der Waals surface area contributed by atoms with Crippen LogP contribution in [0.1, 0.15) is 26.7 Å². The fourth-order valence-corrected chi connectivity index (χ4v) is 2.44. The molecule has 1 nitrogen and oxygen atoms in total. The summed E-state index contributed by atoms with van der Waals surface area (Å²) in [5, 5.41) is 0.746. The average molecular weight is 145 g/mol. The van der Waals surface area contributed by atoms with E-state index >= 15 is 0 Å². The van der Waals surface area contributed by atoms with Gasteiger partial charge in [0.2, 0.25) is 0 Å². The molecule has 0 saturated heterocycles. The van der Waals surface area contributed by atoms with E-state index in [1.54, 1.807) is 0 Å². The van der Waals surface area contributed by atoms with Gasteiger partial charge in [-0.15, -0.1) is 0 Å². The Balaban J connectivity index is 2.25. The van der Waals surface area contributed by atoms with Crippen LogP contribution < -0.4 is 5.73 Å². The van der Waals surface area contributed by atoms with Crippen molar-refractivity contribution in [3.8, 4) is 0 Å². The highest BCUT2D eigenvalue weighted by Crippen LogP contribution is 2.49. The molecule has 0 bridgehead atoms. The van der Waals surface area contributed by atoms with E-state index < -0.39 is 0 Å². The number of rotatable bonds is 3. The Bertz CT molecular complexity index is 97.1. The zero-order valence-electron chi connectivity index (χ0n) is 6.18. The molecule has 0 amide bonds. The third-order valence-electron chi connectivity index (χ3n) is 1.67. The summed E-state index contributed by atoms with van der Waals surface area (Å²) in [5.74, 6) is 0. The highest BCUT2D eigenvalue weighted by molar-refractivity contribution is 8.01. The molecule has 0 heterocycles. The second-order valence-electron chi connectivity index (χ2n) is 3.05. The third kappa shape index (κ3) is 1.87. The Morgan fingerprint density at radius 2 is 2.11 bits per heavy atom. The van der Waals surface area contributed by atoms with Gasteiger partial charge in [0.05, 0.1) is 0 Å². The van der Waals surface area contributed by atoms with Gasteiger partial charge in [-0.1, -0.05) is 13.8 Å². The normalized spacial score (nSPS) is 22.7. The van der Waals surface area contributed by atoms with Crippen LogP contribution in [-0.2, 0) is 0 Å². The van der Waals surface area contributed by atoms with Gasteiger partial charge in [-0.25, -0.2) is 0 Å². The number of hydrogen-bond acceptors (Lipinski definition) is 2. The van der Waals surface area contributed by atoms with Crippen molar-refractivity contribution < 1.29 is 0 Å². The van der Waals surface area contributed by atoms with Crippen LogP contribution in [-0.4, -0.2) is 16.5 Å². The average Bonchev–Trinajstić information content (AvgIpc) is 2.48. The quantitative estimate of drug-likeness (QED) is 0.653. The molecule has 1 fully saturated rings. The van der Waals surface area contributed by atoms with Crippen LogP contribution in [0.25, 0.3) is 0 Å². The van der Waals surface area contributed by atoms with Crippen molar-refractivity contribution in [2.24, 2.45) is 5.73 Å². The number of thioether (sulfide) groups is 1. The second-order valence-corrected chi connectivity index (χ2v) is 5.10. The highest BCUT2D eigenvalue weighted by Gasteiger charge is 2.42. The standard InChI is InChI=1S/C7H15NS/c1-6(2)9-7(5-8)3-4-7/h6H,3-5,8H2,1-2H3. The molecule has 0 aromatic carbocycles. The van der Waals surface area contributed by atoms with Crippen molar-refractivity contribution in [1.29, 1.82) is 0 Å². The van der Waals surface area contributed by atoms with Crippen molar-refractivity contribution in [3.63, 3.8) is 0 Å². The van der Waals surface area contributed by atoms with E-state index in [-0.39, 0.29) is 0 Å². The fourth-order valence-electron chi connectivity index (χ4n) is 1.01. The SMILES string of the molecule is CC(C)SC1(CN)CC1. The Morgan fingerprint density at radius 1 is 1.56 bits per heavy atom. The van der Waals surface area contributed by atoms with E-state index in [0.29, 0.717) is 4.75 Å². The van der Waals surface area contributed by atoms with Gasteiger partial charge in [-0.2, -0.15) is 11.8 Å². The Labute approximate surface area is 61.4 Å². The topological polar surface area (TPSA) is 26.0 Å². The van der Waals surface area contributed by atoms with Gasteiger partial charge in [0.15, 0.2) is 0 Å². The Kier molecular flexibility index (Phi) is 2.07. The lowest BCUT2D eigenvalue weighted by Gasteiger charge is -2.13. The molecular weight excluding hydrogens is 130 g/mol. The monoisotopic (exact) mass is 145 g/mol. The van der Waals surface area contributed by atoms with Crippen molar-refractivity contribution in [3.05, 3.63) is 0 Å². The van der Waals surface area contributed by atoms with Crippen LogP contribution in [0.5, 0.6) is 0 Å². The van der Waals surface area contributed by atoms with Crippen molar-refractivity contribution in [2.75, 3.05) is 6.54 Å². The molecule has 1 aliphatic rings. The van der Waals surface area contributed by atoms with E-state index in [4.69, 9.17) is 5.73 Å². The van der Waals surface area contributed by atoms with Crippen molar-refractivity contribution in [2.45, 2.75) is 36.7 Å². The minimum absolute atomic E-state index is 0.508. The van der Waals surface area contributed by atoms with Crippen molar-refractivity contribution >= 4 is 11.8 Å². The summed E-state index contributed by atoms with van der Waals surface area (Å²) < 4.78 is 0.508. The van der Waals surface area contributed by atoms with Gasteiger partial charge >= 0.3 is 0 Å². The van der Waals surface area contributed by atoms with E-state index in [9.17, 15) is 0 Å². The first-order chi connectivity index (χ1) is 4.18. The molecule has 0 aromatic heterocycles. The lowest BCUT2D eigenvalue weighted by atomic mass is 10.4. The lowest BCUT2D eigenvalue weighted by molar-refractivity contribution is 0.889. The smallest absolute Gasteiger partial charge is 0.0285 e. The van der Waals surface area contributed by atoms with Crippen LogP contribution in [0.15, 0.2) is 0 Å². The fraction of sp³-hybridized carbons (Fsp3) is 1.00. The molecule has 0 radical (unpaired) electrons. The summed E-state index contributed by atoms with van der Waals surface area (Å²) in [5.41, 5.74) is 5.60. The molecule has 2 heteroatoms. The van der Waals surface area contributed by atoms with Gasteiger partial charge in [0, 0.05) is 11.3 Å². The zero-order valence-corrected chi connectivity index (χ0v) is 7.00. The largest absolute Gasteiger partial charge is 0.329 e. The summed E-state index contributed by atoms with van der Waals surface area (Å²) in [6.45, 7) is 5.34. The van der Waals surface area contributed by atoms with Crippen molar-refractivity contribution in [1.82, 2.24) is 0 Å². The van der Waals surface area contributed by atoms with Crippen LogP contribution in [0.4, 0.5) is 0 Å². The molecule has 1 aliphatic carbocycles. The summed E-state index contributed by atoms with van der Waals surface area (Å²) in [7, 11) is 0. The molecule has 0 unspecified atom stereocenters. The van der Waals surface area contributed by atoms with Gasteiger partial charge in [-0.05, 0) is 18.1 Å². The molecule has 0 aromatic rings. The minimum atomic E-state index is 0.508. The maximum absolute atomic E-state index is 5.60. The first-order valence-corrected chi connectivity index (χ1v) is 4.44. The van der Waals surface area contributed by atoms with E-state index in [1.807, 2.05) is 11.8 Å². The molecule has 0 atom stereocenters.